The number of hydrogen-bond acceptors (Lipinski definition) is 5. The van der Waals surface area contributed by atoms with Crippen LogP contribution in [0, 0.1) is 0 Å². The van der Waals surface area contributed by atoms with E-state index in [0.717, 1.165) is 10.2 Å². The number of aromatic nitrogens is 2. The van der Waals surface area contributed by atoms with Crippen LogP contribution in [0.2, 0.25) is 0 Å². The standard InChI is InChI=1S/C24H22BrN5/c25-20-12-7-13-21(14-20)29-23-22(26)24(28-17-27-23)30(15-18-8-3-1-4-9-18)16-19-10-5-2-6-11-19/h1-14,17H,15-16,26H2,(H,27,28,29). The Morgan fingerprint density at radius 2 is 1.43 bits per heavy atom. The molecule has 0 aliphatic heterocycles. The highest BCUT2D eigenvalue weighted by Crippen LogP contribution is 2.31. The van der Waals surface area contributed by atoms with Gasteiger partial charge in [-0.25, -0.2) is 9.97 Å². The summed E-state index contributed by atoms with van der Waals surface area (Å²) in [4.78, 5) is 11.1. The Kier molecular flexibility index (Phi) is 6.25. The van der Waals surface area contributed by atoms with Gasteiger partial charge in [-0.05, 0) is 29.3 Å². The Balaban J connectivity index is 1.67. The zero-order chi connectivity index (χ0) is 20.8. The summed E-state index contributed by atoms with van der Waals surface area (Å²) in [6.07, 6.45) is 1.55. The second kappa shape index (κ2) is 9.41. The number of nitrogens with two attached hydrogens (primary N) is 1. The first-order valence-electron chi connectivity index (χ1n) is 9.65. The molecule has 0 atom stereocenters. The van der Waals surface area contributed by atoms with E-state index in [1.54, 1.807) is 6.33 Å². The summed E-state index contributed by atoms with van der Waals surface area (Å²) in [5.41, 5.74) is 10.3. The van der Waals surface area contributed by atoms with Gasteiger partial charge in [-0.15, -0.1) is 0 Å². The summed E-state index contributed by atoms with van der Waals surface area (Å²) in [5.74, 6) is 1.29. The van der Waals surface area contributed by atoms with Crippen LogP contribution in [0.15, 0.2) is 95.7 Å². The van der Waals surface area contributed by atoms with Crippen molar-refractivity contribution in [3.63, 3.8) is 0 Å². The van der Waals surface area contributed by atoms with Gasteiger partial charge in [0.2, 0.25) is 0 Å². The second-order valence-electron chi connectivity index (χ2n) is 6.92. The van der Waals surface area contributed by atoms with Crippen LogP contribution in [0.3, 0.4) is 0 Å². The lowest BCUT2D eigenvalue weighted by Crippen LogP contribution is -2.24. The molecule has 0 fully saturated rings. The van der Waals surface area contributed by atoms with E-state index in [2.05, 4.69) is 60.4 Å². The fourth-order valence-corrected chi connectivity index (χ4v) is 3.65. The molecule has 0 bridgehead atoms. The summed E-state index contributed by atoms with van der Waals surface area (Å²) in [6, 6.07) is 28.5. The zero-order valence-electron chi connectivity index (χ0n) is 16.4. The first-order chi connectivity index (χ1) is 14.7. The molecule has 5 nitrogen and oxygen atoms in total. The van der Waals surface area contributed by atoms with Crippen LogP contribution in [0.1, 0.15) is 11.1 Å². The third-order valence-electron chi connectivity index (χ3n) is 4.68. The maximum Gasteiger partial charge on any atom is 0.159 e. The molecule has 4 aromatic rings. The van der Waals surface area contributed by atoms with Gasteiger partial charge in [-0.2, -0.15) is 0 Å². The largest absolute Gasteiger partial charge is 0.393 e. The van der Waals surface area contributed by atoms with E-state index < -0.39 is 0 Å². The highest BCUT2D eigenvalue weighted by atomic mass is 79.9. The monoisotopic (exact) mass is 459 g/mol. The van der Waals surface area contributed by atoms with Gasteiger partial charge in [0.1, 0.15) is 12.0 Å². The average molecular weight is 460 g/mol. The fourth-order valence-electron chi connectivity index (χ4n) is 3.25. The number of rotatable bonds is 7. The number of nitrogens with one attached hydrogen (secondary N) is 1. The Morgan fingerprint density at radius 3 is 2.03 bits per heavy atom. The Morgan fingerprint density at radius 1 is 0.800 bits per heavy atom. The smallest absolute Gasteiger partial charge is 0.159 e. The van der Waals surface area contributed by atoms with E-state index in [-0.39, 0.29) is 0 Å². The van der Waals surface area contributed by atoms with Crippen LogP contribution in [-0.2, 0) is 13.1 Å². The molecule has 3 N–H and O–H groups in total. The van der Waals surface area contributed by atoms with Crippen LogP contribution >= 0.6 is 15.9 Å². The van der Waals surface area contributed by atoms with E-state index >= 15 is 0 Å². The van der Waals surface area contributed by atoms with Crippen molar-refractivity contribution in [1.29, 1.82) is 0 Å². The molecule has 0 saturated heterocycles. The molecular weight excluding hydrogens is 438 g/mol. The molecule has 150 valence electrons. The molecule has 30 heavy (non-hydrogen) atoms. The maximum atomic E-state index is 6.54. The number of nitrogens with zero attached hydrogens (tertiary/aromatic N) is 3. The molecule has 0 aliphatic carbocycles. The normalized spacial score (nSPS) is 10.6. The average Bonchev–Trinajstić information content (AvgIpc) is 2.76. The SMILES string of the molecule is Nc1c(Nc2cccc(Br)c2)ncnc1N(Cc1ccccc1)Cc1ccccc1. The highest BCUT2D eigenvalue weighted by Gasteiger charge is 2.16. The molecule has 0 unspecified atom stereocenters. The highest BCUT2D eigenvalue weighted by molar-refractivity contribution is 9.10. The minimum atomic E-state index is 0.518. The minimum absolute atomic E-state index is 0.518. The molecule has 0 aliphatic rings. The predicted octanol–water partition coefficient (Wildman–Crippen LogP) is 5.77. The van der Waals surface area contributed by atoms with Gasteiger partial charge in [0.15, 0.2) is 11.6 Å². The van der Waals surface area contributed by atoms with Gasteiger partial charge < -0.3 is 16.0 Å². The molecule has 0 radical (unpaired) electrons. The summed E-state index contributed by atoms with van der Waals surface area (Å²) >= 11 is 3.49. The third kappa shape index (κ3) is 4.96. The van der Waals surface area contributed by atoms with Crippen molar-refractivity contribution in [3.05, 3.63) is 107 Å². The first kappa shape index (κ1) is 19.9. The molecule has 1 heterocycles. The van der Waals surface area contributed by atoms with Gasteiger partial charge in [-0.3, -0.25) is 0 Å². The Bertz CT molecular complexity index is 1060. The van der Waals surface area contributed by atoms with Crippen LogP contribution in [0.25, 0.3) is 0 Å². The van der Waals surface area contributed by atoms with Crippen molar-refractivity contribution in [2.75, 3.05) is 16.0 Å². The third-order valence-corrected chi connectivity index (χ3v) is 5.18. The molecule has 0 spiro atoms. The predicted molar refractivity (Wildman–Crippen MR) is 127 cm³/mol. The van der Waals surface area contributed by atoms with Crippen molar-refractivity contribution in [1.82, 2.24) is 9.97 Å². The maximum absolute atomic E-state index is 6.54. The molecule has 3 aromatic carbocycles. The van der Waals surface area contributed by atoms with Crippen molar-refractivity contribution < 1.29 is 0 Å². The summed E-state index contributed by atoms with van der Waals surface area (Å²) in [5, 5.41) is 3.30. The summed E-state index contributed by atoms with van der Waals surface area (Å²) in [7, 11) is 0. The lowest BCUT2D eigenvalue weighted by atomic mass is 10.1. The number of anilines is 4. The first-order valence-corrected chi connectivity index (χ1v) is 10.4. The molecule has 6 heteroatoms. The number of halogens is 1. The summed E-state index contributed by atoms with van der Waals surface area (Å²) in [6.45, 7) is 1.38. The zero-order valence-corrected chi connectivity index (χ0v) is 18.0. The fraction of sp³-hybridized carbons (Fsp3) is 0.0833. The van der Waals surface area contributed by atoms with Crippen LogP contribution in [0.5, 0.6) is 0 Å². The van der Waals surface area contributed by atoms with Crippen molar-refractivity contribution in [2.24, 2.45) is 0 Å². The van der Waals surface area contributed by atoms with Crippen molar-refractivity contribution in [3.8, 4) is 0 Å². The molecule has 4 rings (SSSR count). The lowest BCUT2D eigenvalue weighted by molar-refractivity contribution is 0.782. The van der Waals surface area contributed by atoms with Gasteiger partial charge in [0, 0.05) is 23.2 Å². The summed E-state index contributed by atoms with van der Waals surface area (Å²) < 4.78 is 0.982. The van der Waals surface area contributed by atoms with E-state index in [1.165, 1.54) is 11.1 Å². The molecule has 0 saturated carbocycles. The van der Waals surface area contributed by atoms with E-state index in [1.807, 2.05) is 60.7 Å². The lowest BCUT2D eigenvalue weighted by Gasteiger charge is -2.26. The molecule has 1 aromatic heterocycles. The topological polar surface area (TPSA) is 67.1 Å². The van der Waals surface area contributed by atoms with Crippen LogP contribution in [0.4, 0.5) is 23.0 Å². The van der Waals surface area contributed by atoms with E-state index in [0.29, 0.717) is 30.4 Å². The molecule has 0 amide bonds. The molecular formula is C24H22BrN5. The minimum Gasteiger partial charge on any atom is -0.393 e. The van der Waals surface area contributed by atoms with Crippen LogP contribution in [-0.4, -0.2) is 9.97 Å². The van der Waals surface area contributed by atoms with E-state index in [4.69, 9.17) is 5.73 Å². The number of nitrogen functional groups attached to an aromatic ring is 1. The Hall–Kier alpha value is -3.38. The van der Waals surface area contributed by atoms with E-state index in [9.17, 15) is 0 Å². The number of benzene rings is 3. The van der Waals surface area contributed by atoms with Gasteiger partial charge in [-0.1, -0.05) is 82.7 Å². The second-order valence-corrected chi connectivity index (χ2v) is 7.84. The van der Waals surface area contributed by atoms with Crippen molar-refractivity contribution >= 4 is 38.9 Å². The van der Waals surface area contributed by atoms with Gasteiger partial charge >= 0.3 is 0 Å². The van der Waals surface area contributed by atoms with Gasteiger partial charge in [0.25, 0.3) is 0 Å². The van der Waals surface area contributed by atoms with Crippen LogP contribution < -0.4 is 16.0 Å². The number of hydrogen-bond donors (Lipinski definition) is 2. The van der Waals surface area contributed by atoms with Crippen molar-refractivity contribution in [2.45, 2.75) is 13.1 Å². The quantitative estimate of drug-likeness (QED) is 0.367. The Labute approximate surface area is 184 Å². The van der Waals surface area contributed by atoms with Gasteiger partial charge in [0.05, 0.1) is 0 Å².